The maximum Gasteiger partial charge on any atom is 0.163 e. The molecule has 0 spiro atoms. The molecule has 0 saturated heterocycles. The summed E-state index contributed by atoms with van der Waals surface area (Å²) in [6.07, 6.45) is 4.62. The molecular formula is C16H15BrN4. The van der Waals surface area contributed by atoms with E-state index in [1.165, 1.54) is 0 Å². The molecule has 1 N–H and O–H groups in total. The third-order valence-corrected chi connectivity index (χ3v) is 3.74. The number of benzene rings is 1. The highest BCUT2D eigenvalue weighted by molar-refractivity contribution is 9.10. The average Bonchev–Trinajstić information content (AvgIpc) is 2.54. The van der Waals surface area contributed by atoms with Gasteiger partial charge in [-0.25, -0.2) is 9.97 Å². The molecule has 2 aromatic heterocycles. The van der Waals surface area contributed by atoms with Crippen molar-refractivity contribution < 1.29 is 0 Å². The molecular weight excluding hydrogens is 328 g/mol. The summed E-state index contributed by atoms with van der Waals surface area (Å²) >= 11 is 3.48. The number of aromatic nitrogens is 3. The average molecular weight is 343 g/mol. The predicted molar refractivity (Wildman–Crippen MR) is 89.2 cm³/mol. The largest absolute Gasteiger partial charge is 0.369 e. The van der Waals surface area contributed by atoms with Gasteiger partial charge in [-0.15, -0.1) is 0 Å². The number of para-hydroxylation sites is 1. The molecule has 0 atom stereocenters. The normalized spacial score (nSPS) is 10.8. The molecule has 0 fully saturated rings. The maximum absolute atomic E-state index is 4.62. The predicted octanol–water partition coefficient (Wildman–Crippen LogP) is 4.28. The van der Waals surface area contributed by atoms with Crippen LogP contribution in [-0.2, 0) is 0 Å². The van der Waals surface area contributed by atoms with Crippen molar-refractivity contribution in [3.63, 3.8) is 0 Å². The Morgan fingerprint density at radius 2 is 2.00 bits per heavy atom. The first-order chi connectivity index (χ1) is 10.3. The van der Waals surface area contributed by atoms with Crippen molar-refractivity contribution in [2.75, 3.05) is 11.9 Å². The molecule has 0 amide bonds. The van der Waals surface area contributed by atoms with Crippen molar-refractivity contribution in [3.05, 3.63) is 47.2 Å². The number of hydrogen-bond acceptors (Lipinski definition) is 4. The van der Waals surface area contributed by atoms with Gasteiger partial charge in [-0.3, -0.25) is 4.98 Å². The fourth-order valence-electron chi connectivity index (χ4n) is 2.15. The van der Waals surface area contributed by atoms with Gasteiger partial charge in [-0.2, -0.15) is 0 Å². The fraction of sp³-hybridized carbons (Fsp3) is 0.188. The monoisotopic (exact) mass is 342 g/mol. The highest BCUT2D eigenvalue weighted by atomic mass is 79.9. The van der Waals surface area contributed by atoms with Gasteiger partial charge in [0.25, 0.3) is 0 Å². The standard InChI is InChI=1S/C16H15BrN4/c1-2-8-19-16-13(17)10-20-15(21-16)12-7-3-5-11-6-4-9-18-14(11)12/h3-7,9-10H,2,8H2,1H3,(H,19,20,21). The van der Waals surface area contributed by atoms with Crippen molar-refractivity contribution >= 4 is 32.7 Å². The molecule has 0 unspecified atom stereocenters. The SMILES string of the molecule is CCCNc1nc(-c2cccc3cccnc23)ncc1Br. The minimum atomic E-state index is 0.682. The second-order valence-corrected chi connectivity index (χ2v) is 5.55. The first-order valence-corrected chi connectivity index (χ1v) is 7.69. The molecule has 3 rings (SSSR count). The van der Waals surface area contributed by atoms with Gasteiger partial charge in [0, 0.05) is 29.9 Å². The van der Waals surface area contributed by atoms with Crippen molar-refractivity contribution in [2.45, 2.75) is 13.3 Å². The Balaban J connectivity index is 2.10. The lowest BCUT2D eigenvalue weighted by molar-refractivity contribution is 0.963. The number of halogens is 1. The zero-order valence-electron chi connectivity index (χ0n) is 11.7. The van der Waals surface area contributed by atoms with E-state index in [9.17, 15) is 0 Å². The summed E-state index contributed by atoms with van der Waals surface area (Å²) in [6, 6.07) is 10.0. The quantitative estimate of drug-likeness (QED) is 0.768. The first kappa shape index (κ1) is 13.9. The minimum absolute atomic E-state index is 0.682. The van der Waals surface area contributed by atoms with Crippen LogP contribution in [0.1, 0.15) is 13.3 Å². The lowest BCUT2D eigenvalue weighted by atomic mass is 10.1. The summed E-state index contributed by atoms with van der Waals surface area (Å²) < 4.78 is 0.868. The molecule has 0 saturated carbocycles. The summed E-state index contributed by atoms with van der Waals surface area (Å²) in [5, 5.41) is 4.39. The summed E-state index contributed by atoms with van der Waals surface area (Å²) in [5.41, 5.74) is 1.86. The number of nitrogens with zero attached hydrogens (tertiary/aromatic N) is 3. The second-order valence-electron chi connectivity index (χ2n) is 4.70. The highest BCUT2D eigenvalue weighted by Crippen LogP contribution is 2.27. The molecule has 0 radical (unpaired) electrons. The minimum Gasteiger partial charge on any atom is -0.369 e. The summed E-state index contributed by atoms with van der Waals surface area (Å²) in [6.45, 7) is 3.00. The van der Waals surface area contributed by atoms with Crippen LogP contribution in [0.15, 0.2) is 47.2 Å². The van der Waals surface area contributed by atoms with Crippen molar-refractivity contribution in [3.8, 4) is 11.4 Å². The molecule has 3 aromatic rings. The number of fused-ring (bicyclic) bond motifs is 1. The zero-order chi connectivity index (χ0) is 14.7. The van der Waals surface area contributed by atoms with E-state index >= 15 is 0 Å². The van der Waals surface area contributed by atoms with Crippen LogP contribution in [0.25, 0.3) is 22.3 Å². The summed E-state index contributed by atoms with van der Waals surface area (Å²) in [4.78, 5) is 13.5. The number of anilines is 1. The fourth-order valence-corrected chi connectivity index (χ4v) is 2.48. The van der Waals surface area contributed by atoms with Gasteiger partial charge in [0.1, 0.15) is 5.82 Å². The van der Waals surface area contributed by atoms with Gasteiger partial charge < -0.3 is 5.32 Å². The summed E-state index contributed by atoms with van der Waals surface area (Å²) in [5.74, 6) is 1.50. The van der Waals surface area contributed by atoms with Crippen LogP contribution in [-0.4, -0.2) is 21.5 Å². The van der Waals surface area contributed by atoms with Crippen LogP contribution in [0.5, 0.6) is 0 Å². The van der Waals surface area contributed by atoms with E-state index < -0.39 is 0 Å². The van der Waals surface area contributed by atoms with Crippen LogP contribution >= 0.6 is 15.9 Å². The Hall–Kier alpha value is -2.01. The van der Waals surface area contributed by atoms with Crippen LogP contribution in [0.2, 0.25) is 0 Å². The van der Waals surface area contributed by atoms with Gasteiger partial charge in [0.2, 0.25) is 0 Å². The maximum atomic E-state index is 4.62. The van der Waals surface area contributed by atoms with E-state index in [4.69, 9.17) is 0 Å². The molecule has 0 aliphatic carbocycles. The second kappa shape index (κ2) is 6.18. The first-order valence-electron chi connectivity index (χ1n) is 6.90. The van der Waals surface area contributed by atoms with Gasteiger partial charge in [0.15, 0.2) is 5.82 Å². The lowest BCUT2D eigenvalue weighted by Gasteiger charge is -2.09. The molecule has 4 nitrogen and oxygen atoms in total. The molecule has 0 bridgehead atoms. The van der Waals surface area contributed by atoms with Crippen LogP contribution in [0, 0.1) is 0 Å². The Bertz CT molecular complexity index is 768. The van der Waals surface area contributed by atoms with E-state index in [-0.39, 0.29) is 0 Å². The van der Waals surface area contributed by atoms with E-state index in [1.807, 2.05) is 30.3 Å². The lowest BCUT2D eigenvalue weighted by Crippen LogP contribution is -2.04. The van der Waals surface area contributed by atoms with Crippen LogP contribution < -0.4 is 5.32 Å². The van der Waals surface area contributed by atoms with E-state index in [0.717, 1.165) is 39.7 Å². The number of hydrogen-bond donors (Lipinski definition) is 1. The Morgan fingerprint density at radius 1 is 1.14 bits per heavy atom. The van der Waals surface area contributed by atoms with Gasteiger partial charge >= 0.3 is 0 Å². The third kappa shape index (κ3) is 2.88. The van der Waals surface area contributed by atoms with Gasteiger partial charge in [-0.1, -0.05) is 25.1 Å². The number of nitrogens with one attached hydrogen (secondary N) is 1. The highest BCUT2D eigenvalue weighted by Gasteiger charge is 2.10. The molecule has 1 aromatic carbocycles. The van der Waals surface area contributed by atoms with Gasteiger partial charge in [-0.05, 0) is 34.5 Å². The van der Waals surface area contributed by atoms with Crippen LogP contribution in [0.3, 0.4) is 0 Å². The van der Waals surface area contributed by atoms with Crippen molar-refractivity contribution in [1.29, 1.82) is 0 Å². The van der Waals surface area contributed by atoms with E-state index in [1.54, 1.807) is 12.4 Å². The Morgan fingerprint density at radius 3 is 2.86 bits per heavy atom. The molecule has 5 heteroatoms. The van der Waals surface area contributed by atoms with Crippen molar-refractivity contribution in [2.24, 2.45) is 0 Å². The van der Waals surface area contributed by atoms with E-state index in [0.29, 0.717) is 5.82 Å². The molecule has 0 aliphatic rings. The Labute approximate surface area is 131 Å². The third-order valence-electron chi connectivity index (χ3n) is 3.16. The van der Waals surface area contributed by atoms with Gasteiger partial charge in [0.05, 0.1) is 9.99 Å². The topological polar surface area (TPSA) is 50.7 Å². The number of rotatable bonds is 4. The summed E-state index contributed by atoms with van der Waals surface area (Å²) in [7, 11) is 0. The zero-order valence-corrected chi connectivity index (χ0v) is 13.3. The molecule has 21 heavy (non-hydrogen) atoms. The van der Waals surface area contributed by atoms with Crippen LogP contribution in [0.4, 0.5) is 5.82 Å². The number of pyridine rings is 1. The molecule has 2 heterocycles. The molecule has 106 valence electrons. The van der Waals surface area contributed by atoms with E-state index in [2.05, 4.69) is 43.1 Å². The molecule has 0 aliphatic heterocycles. The van der Waals surface area contributed by atoms with Crippen molar-refractivity contribution in [1.82, 2.24) is 15.0 Å². The smallest absolute Gasteiger partial charge is 0.163 e. The Kier molecular flexibility index (Phi) is 4.10.